The van der Waals surface area contributed by atoms with E-state index in [9.17, 15) is 0 Å². The van der Waals surface area contributed by atoms with Gasteiger partial charge in [0.05, 0.1) is 6.61 Å². The predicted molar refractivity (Wildman–Crippen MR) is 34.0 cm³/mol. The van der Waals surface area contributed by atoms with Crippen LogP contribution >= 0.6 is 0 Å². The fourth-order valence-electron chi connectivity index (χ4n) is 1.08. The van der Waals surface area contributed by atoms with Crippen molar-refractivity contribution in [2.45, 2.75) is 12.7 Å². The van der Waals surface area contributed by atoms with Crippen molar-refractivity contribution in [3.63, 3.8) is 0 Å². The maximum absolute atomic E-state index is 9.06. The smallest absolute Gasteiger partial charge is 0.158 e. The minimum Gasteiger partial charge on any atom is -0.368 e. The fourth-order valence-corrected chi connectivity index (χ4v) is 1.08. The standard InChI is InChI=1S/C6H13NO2/c1-7-4-5-2-3-9-6(5)8/h5-8H,2-4H2,1H3. The highest BCUT2D eigenvalue weighted by Gasteiger charge is 2.24. The number of hydrogen-bond acceptors (Lipinski definition) is 3. The van der Waals surface area contributed by atoms with E-state index in [0.29, 0.717) is 12.5 Å². The Balaban J connectivity index is 2.22. The van der Waals surface area contributed by atoms with Gasteiger partial charge in [0, 0.05) is 12.5 Å². The Kier molecular flexibility index (Phi) is 2.45. The fraction of sp³-hybridized carbons (Fsp3) is 1.00. The van der Waals surface area contributed by atoms with Gasteiger partial charge in [-0.3, -0.25) is 0 Å². The van der Waals surface area contributed by atoms with Crippen LogP contribution in [0.25, 0.3) is 0 Å². The van der Waals surface area contributed by atoms with E-state index in [4.69, 9.17) is 9.84 Å². The molecule has 0 aromatic heterocycles. The summed E-state index contributed by atoms with van der Waals surface area (Å²) in [7, 11) is 1.88. The Hall–Kier alpha value is -0.120. The van der Waals surface area contributed by atoms with Gasteiger partial charge in [-0.05, 0) is 13.5 Å². The van der Waals surface area contributed by atoms with Crippen molar-refractivity contribution in [1.82, 2.24) is 5.32 Å². The van der Waals surface area contributed by atoms with Gasteiger partial charge >= 0.3 is 0 Å². The number of ether oxygens (including phenoxy) is 1. The van der Waals surface area contributed by atoms with Crippen molar-refractivity contribution in [2.75, 3.05) is 20.2 Å². The molecule has 0 aromatic rings. The van der Waals surface area contributed by atoms with Gasteiger partial charge in [0.1, 0.15) is 0 Å². The largest absolute Gasteiger partial charge is 0.368 e. The number of aliphatic hydroxyl groups is 1. The van der Waals surface area contributed by atoms with Crippen LogP contribution in [0.3, 0.4) is 0 Å². The van der Waals surface area contributed by atoms with Crippen LogP contribution in [0.15, 0.2) is 0 Å². The quantitative estimate of drug-likeness (QED) is 0.534. The van der Waals surface area contributed by atoms with E-state index in [-0.39, 0.29) is 0 Å². The van der Waals surface area contributed by atoms with Crippen molar-refractivity contribution >= 4 is 0 Å². The van der Waals surface area contributed by atoms with E-state index >= 15 is 0 Å². The summed E-state index contributed by atoms with van der Waals surface area (Å²) in [5.41, 5.74) is 0. The zero-order valence-electron chi connectivity index (χ0n) is 5.63. The van der Waals surface area contributed by atoms with Gasteiger partial charge < -0.3 is 15.2 Å². The van der Waals surface area contributed by atoms with Crippen molar-refractivity contribution in [3.05, 3.63) is 0 Å². The normalized spacial score (nSPS) is 35.3. The average molecular weight is 131 g/mol. The van der Waals surface area contributed by atoms with Gasteiger partial charge in [-0.1, -0.05) is 0 Å². The molecule has 2 N–H and O–H groups in total. The molecular formula is C6H13NO2. The van der Waals surface area contributed by atoms with Gasteiger partial charge in [0.25, 0.3) is 0 Å². The minimum absolute atomic E-state index is 0.301. The second-order valence-electron chi connectivity index (χ2n) is 2.37. The molecule has 0 bridgehead atoms. The van der Waals surface area contributed by atoms with E-state index in [1.807, 2.05) is 7.05 Å². The SMILES string of the molecule is CNCC1CCOC1O. The number of hydrogen-bond donors (Lipinski definition) is 2. The van der Waals surface area contributed by atoms with E-state index in [1.54, 1.807) is 0 Å². The van der Waals surface area contributed by atoms with Crippen LogP contribution in [-0.4, -0.2) is 31.6 Å². The van der Waals surface area contributed by atoms with Crippen molar-refractivity contribution < 1.29 is 9.84 Å². The molecule has 1 fully saturated rings. The first kappa shape index (κ1) is 6.99. The molecule has 0 saturated carbocycles. The lowest BCUT2D eigenvalue weighted by Crippen LogP contribution is -2.25. The van der Waals surface area contributed by atoms with Crippen molar-refractivity contribution in [3.8, 4) is 0 Å². The topological polar surface area (TPSA) is 41.5 Å². The lowest BCUT2D eigenvalue weighted by atomic mass is 10.1. The summed E-state index contributed by atoms with van der Waals surface area (Å²) in [6, 6.07) is 0. The molecule has 1 aliphatic rings. The molecule has 0 amide bonds. The van der Waals surface area contributed by atoms with Crippen molar-refractivity contribution in [2.24, 2.45) is 5.92 Å². The van der Waals surface area contributed by atoms with Gasteiger partial charge in [-0.2, -0.15) is 0 Å². The Bertz CT molecular complexity index is 87.1. The zero-order valence-corrected chi connectivity index (χ0v) is 5.63. The Morgan fingerprint density at radius 2 is 2.56 bits per heavy atom. The molecule has 3 heteroatoms. The third-order valence-corrected chi connectivity index (χ3v) is 1.65. The summed E-state index contributed by atoms with van der Waals surface area (Å²) in [6.07, 6.45) is 0.444. The first-order valence-corrected chi connectivity index (χ1v) is 3.29. The van der Waals surface area contributed by atoms with Crippen LogP contribution in [0.4, 0.5) is 0 Å². The molecule has 0 spiro atoms. The molecule has 1 saturated heterocycles. The van der Waals surface area contributed by atoms with Crippen LogP contribution in [0.2, 0.25) is 0 Å². The highest BCUT2D eigenvalue weighted by molar-refractivity contribution is 4.68. The molecule has 54 valence electrons. The van der Waals surface area contributed by atoms with Crippen LogP contribution in [0.5, 0.6) is 0 Å². The molecule has 9 heavy (non-hydrogen) atoms. The lowest BCUT2D eigenvalue weighted by molar-refractivity contribution is -0.0812. The first-order chi connectivity index (χ1) is 4.34. The molecule has 0 aliphatic carbocycles. The second kappa shape index (κ2) is 3.15. The van der Waals surface area contributed by atoms with Crippen LogP contribution in [0.1, 0.15) is 6.42 Å². The number of nitrogens with one attached hydrogen (secondary N) is 1. The molecule has 1 aliphatic heterocycles. The second-order valence-corrected chi connectivity index (χ2v) is 2.37. The third kappa shape index (κ3) is 1.64. The summed E-state index contributed by atoms with van der Waals surface area (Å²) in [6.45, 7) is 1.55. The van der Waals surface area contributed by atoms with Crippen LogP contribution in [0, 0.1) is 5.92 Å². The maximum atomic E-state index is 9.06. The molecule has 2 atom stereocenters. The molecule has 1 rings (SSSR count). The van der Waals surface area contributed by atoms with Gasteiger partial charge in [-0.15, -0.1) is 0 Å². The summed E-state index contributed by atoms with van der Waals surface area (Å²) in [4.78, 5) is 0. The summed E-state index contributed by atoms with van der Waals surface area (Å²) >= 11 is 0. The summed E-state index contributed by atoms with van der Waals surface area (Å²) in [5, 5.41) is 12.1. The van der Waals surface area contributed by atoms with Crippen LogP contribution in [-0.2, 0) is 4.74 Å². The zero-order chi connectivity index (χ0) is 6.69. The molecule has 3 nitrogen and oxygen atoms in total. The average Bonchev–Trinajstić information content (AvgIpc) is 2.18. The highest BCUT2D eigenvalue weighted by atomic mass is 16.6. The Morgan fingerprint density at radius 1 is 1.78 bits per heavy atom. The van der Waals surface area contributed by atoms with Crippen molar-refractivity contribution in [1.29, 1.82) is 0 Å². The predicted octanol–water partition coefficient (Wildman–Crippen LogP) is -0.439. The highest BCUT2D eigenvalue weighted by Crippen LogP contribution is 2.16. The van der Waals surface area contributed by atoms with Crippen LogP contribution < -0.4 is 5.32 Å². The summed E-state index contributed by atoms with van der Waals surface area (Å²) in [5.74, 6) is 0.301. The van der Waals surface area contributed by atoms with E-state index < -0.39 is 6.29 Å². The minimum atomic E-state index is -0.530. The van der Waals surface area contributed by atoms with E-state index in [1.165, 1.54) is 0 Å². The molecule has 1 heterocycles. The number of aliphatic hydroxyl groups excluding tert-OH is 1. The molecule has 0 aromatic carbocycles. The Labute approximate surface area is 55.0 Å². The van der Waals surface area contributed by atoms with Gasteiger partial charge in [-0.25, -0.2) is 0 Å². The molecule has 0 radical (unpaired) electrons. The monoisotopic (exact) mass is 131 g/mol. The third-order valence-electron chi connectivity index (χ3n) is 1.65. The number of rotatable bonds is 2. The van der Waals surface area contributed by atoms with E-state index in [0.717, 1.165) is 13.0 Å². The first-order valence-electron chi connectivity index (χ1n) is 3.29. The van der Waals surface area contributed by atoms with Gasteiger partial charge in [0.2, 0.25) is 0 Å². The van der Waals surface area contributed by atoms with E-state index in [2.05, 4.69) is 5.32 Å². The van der Waals surface area contributed by atoms with Gasteiger partial charge in [0.15, 0.2) is 6.29 Å². The summed E-state index contributed by atoms with van der Waals surface area (Å²) < 4.78 is 4.93. The lowest BCUT2D eigenvalue weighted by Gasteiger charge is -2.10. The molecule has 2 unspecified atom stereocenters. The Morgan fingerprint density at radius 3 is 3.00 bits per heavy atom. The maximum Gasteiger partial charge on any atom is 0.158 e. The molecular weight excluding hydrogens is 118 g/mol.